The minimum atomic E-state index is -0.755. The van der Waals surface area contributed by atoms with E-state index in [1.807, 2.05) is 31.2 Å². The number of rotatable bonds is 4. The van der Waals surface area contributed by atoms with Gasteiger partial charge in [0.15, 0.2) is 0 Å². The monoisotopic (exact) mass is 285 g/mol. The van der Waals surface area contributed by atoms with Gasteiger partial charge < -0.3 is 15.5 Å². The highest BCUT2D eigenvalue weighted by Crippen LogP contribution is 2.18. The molecule has 21 heavy (non-hydrogen) atoms. The topological polar surface area (TPSA) is 69.6 Å². The van der Waals surface area contributed by atoms with Crippen molar-refractivity contribution in [3.63, 3.8) is 0 Å². The molecular weight excluding hydrogens is 266 g/mol. The maximum atomic E-state index is 12.0. The van der Waals surface area contributed by atoms with Gasteiger partial charge in [0, 0.05) is 12.1 Å². The van der Waals surface area contributed by atoms with E-state index in [0.29, 0.717) is 11.1 Å². The number of aromatic hydroxyl groups is 1. The number of aliphatic hydroxyl groups excluding tert-OH is 1. The number of aliphatic hydroxyl groups is 1. The lowest BCUT2D eigenvalue weighted by Crippen LogP contribution is -2.28. The third-order valence-electron chi connectivity index (χ3n) is 3.47. The van der Waals surface area contributed by atoms with E-state index in [9.17, 15) is 15.0 Å². The number of carbonyl (C=O) groups excluding carboxylic acids is 1. The van der Waals surface area contributed by atoms with Crippen LogP contribution in [0.3, 0.4) is 0 Å². The Morgan fingerprint density at radius 1 is 1.14 bits per heavy atom. The first kappa shape index (κ1) is 15.1. The molecule has 0 radical (unpaired) electrons. The van der Waals surface area contributed by atoms with Crippen LogP contribution < -0.4 is 5.32 Å². The molecule has 0 fully saturated rings. The van der Waals surface area contributed by atoms with Gasteiger partial charge in [0.05, 0.1) is 6.10 Å². The van der Waals surface area contributed by atoms with Crippen molar-refractivity contribution in [2.75, 3.05) is 6.54 Å². The molecule has 0 spiro atoms. The van der Waals surface area contributed by atoms with Gasteiger partial charge in [-0.3, -0.25) is 4.79 Å². The summed E-state index contributed by atoms with van der Waals surface area (Å²) in [6, 6.07) is 12.3. The maximum Gasteiger partial charge on any atom is 0.251 e. The Hall–Kier alpha value is -2.33. The van der Waals surface area contributed by atoms with E-state index >= 15 is 0 Å². The van der Waals surface area contributed by atoms with Gasteiger partial charge in [-0.05, 0) is 42.7 Å². The number of nitrogens with one attached hydrogen (secondary N) is 1. The van der Waals surface area contributed by atoms with Crippen LogP contribution in [0.5, 0.6) is 5.75 Å². The van der Waals surface area contributed by atoms with Crippen LogP contribution in [0.4, 0.5) is 0 Å². The van der Waals surface area contributed by atoms with Crippen LogP contribution in [0.15, 0.2) is 42.5 Å². The minimum Gasteiger partial charge on any atom is -0.508 e. The summed E-state index contributed by atoms with van der Waals surface area (Å²) in [5.41, 5.74) is 2.86. The van der Waals surface area contributed by atoms with E-state index in [-0.39, 0.29) is 18.2 Å². The average molecular weight is 285 g/mol. The lowest BCUT2D eigenvalue weighted by molar-refractivity contribution is 0.0915. The SMILES string of the molecule is Cc1ccc(C(=O)NCC(O)c2ccccc2C)cc1O. The molecule has 3 N–H and O–H groups in total. The Balaban J connectivity index is 2.01. The Morgan fingerprint density at radius 2 is 1.86 bits per heavy atom. The third-order valence-corrected chi connectivity index (χ3v) is 3.47. The molecule has 0 aliphatic rings. The molecule has 1 atom stereocenters. The number of aryl methyl sites for hydroxylation is 2. The van der Waals surface area contributed by atoms with Gasteiger partial charge in [-0.25, -0.2) is 0 Å². The summed E-state index contributed by atoms with van der Waals surface area (Å²) in [6.07, 6.45) is -0.755. The molecule has 0 aliphatic heterocycles. The summed E-state index contributed by atoms with van der Waals surface area (Å²) in [7, 11) is 0. The second-order valence-corrected chi connectivity index (χ2v) is 5.08. The molecule has 110 valence electrons. The second kappa shape index (κ2) is 6.41. The van der Waals surface area contributed by atoms with Crippen LogP contribution >= 0.6 is 0 Å². The van der Waals surface area contributed by atoms with Crippen molar-refractivity contribution in [1.29, 1.82) is 0 Å². The van der Waals surface area contributed by atoms with E-state index in [1.54, 1.807) is 19.1 Å². The number of phenolic OH excluding ortho intramolecular Hbond substituents is 1. The highest BCUT2D eigenvalue weighted by atomic mass is 16.3. The van der Waals surface area contributed by atoms with Crippen molar-refractivity contribution in [1.82, 2.24) is 5.32 Å². The zero-order valence-electron chi connectivity index (χ0n) is 12.1. The molecular formula is C17H19NO3. The molecule has 2 aromatic rings. The lowest BCUT2D eigenvalue weighted by Gasteiger charge is -2.14. The average Bonchev–Trinajstić information content (AvgIpc) is 2.47. The second-order valence-electron chi connectivity index (χ2n) is 5.08. The van der Waals surface area contributed by atoms with Crippen LogP contribution in [0.25, 0.3) is 0 Å². The first-order valence-electron chi connectivity index (χ1n) is 6.80. The highest BCUT2D eigenvalue weighted by Gasteiger charge is 2.13. The van der Waals surface area contributed by atoms with Crippen LogP contribution in [-0.4, -0.2) is 22.7 Å². The molecule has 2 aromatic carbocycles. The number of amides is 1. The van der Waals surface area contributed by atoms with Gasteiger partial charge in [0.1, 0.15) is 5.75 Å². The molecule has 0 bridgehead atoms. The first-order chi connectivity index (χ1) is 9.99. The van der Waals surface area contributed by atoms with Crippen molar-refractivity contribution in [2.45, 2.75) is 20.0 Å². The van der Waals surface area contributed by atoms with Crippen LogP contribution in [0.2, 0.25) is 0 Å². The first-order valence-corrected chi connectivity index (χ1v) is 6.80. The maximum absolute atomic E-state index is 12.0. The molecule has 0 aromatic heterocycles. The molecule has 0 saturated heterocycles. The zero-order chi connectivity index (χ0) is 15.4. The Bertz CT molecular complexity index is 652. The van der Waals surface area contributed by atoms with E-state index in [1.165, 1.54) is 6.07 Å². The van der Waals surface area contributed by atoms with Gasteiger partial charge in [0.25, 0.3) is 5.91 Å². The van der Waals surface area contributed by atoms with Crippen LogP contribution in [0.1, 0.15) is 33.2 Å². The van der Waals surface area contributed by atoms with E-state index < -0.39 is 6.10 Å². The van der Waals surface area contributed by atoms with Gasteiger partial charge >= 0.3 is 0 Å². The number of benzene rings is 2. The summed E-state index contributed by atoms with van der Waals surface area (Å²) >= 11 is 0. The zero-order valence-corrected chi connectivity index (χ0v) is 12.1. The van der Waals surface area contributed by atoms with Crippen molar-refractivity contribution >= 4 is 5.91 Å². The van der Waals surface area contributed by atoms with Gasteiger partial charge in [0.2, 0.25) is 0 Å². The molecule has 0 heterocycles. The number of carbonyl (C=O) groups is 1. The summed E-state index contributed by atoms with van der Waals surface area (Å²) in [4.78, 5) is 12.0. The number of phenols is 1. The third kappa shape index (κ3) is 3.61. The van der Waals surface area contributed by atoms with Crippen molar-refractivity contribution in [3.8, 4) is 5.75 Å². The Morgan fingerprint density at radius 3 is 2.52 bits per heavy atom. The lowest BCUT2D eigenvalue weighted by atomic mass is 10.0. The number of hydrogen-bond donors (Lipinski definition) is 3. The summed E-state index contributed by atoms with van der Waals surface area (Å²) < 4.78 is 0. The Kier molecular flexibility index (Phi) is 4.60. The highest BCUT2D eigenvalue weighted by molar-refractivity contribution is 5.94. The molecule has 4 heteroatoms. The number of hydrogen-bond acceptors (Lipinski definition) is 3. The summed E-state index contributed by atoms with van der Waals surface area (Å²) in [5.74, 6) is -0.236. The minimum absolute atomic E-state index is 0.0853. The standard InChI is InChI=1S/C17H19NO3/c1-11-5-3-4-6-14(11)16(20)10-18-17(21)13-8-7-12(2)15(19)9-13/h3-9,16,19-20H,10H2,1-2H3,(H,18,21). The predicted octanol–water partition coefficient (Wildman–Crippen LogP) is 2.47. The van der Waals surface area contributed by atoms with Crippen molar-refractivity contribution in [3.05, 3.63) is 64.7 Å². The molecule has 1 amide bonds. The van der Waals surface area contributed by atoms with Gasteiger partial charge in [-0.2, -0.15) is 0 Å². The van der Waals surface area contributed by atoms with E-state index in [4.69, 9.17) is 0 Å². The Labute approximate surface area is 124 Å². The van der Waals surface area contributed by atoms with Crippen molar-refractivity contribution in [2.24, 2.45) is 0 Å². The quantitative estimate of drug-likeness (QED) is 0.808. The molecule has 2 rings (SSSR count). The normalized spacial score (nSPS) is 12.0. The smallest absolute Gasteiger partial charge is 0.251 e. The summed E-state index contributed by atoms with van der Waals surface area (Å²) in [5, 5.41) is 22.4. The van der Waals surface area contributed by atoms with Crippen molar-refractivity contribution < 1.29 is 15.0 Å². The van der Waals surface area contributed by atoms with Crippen LogP contribution in [0, 0.1) is 13.8 Å². The molecule has 0 aliphatic carbocycles. The van der Waals surface area contributed by atoms with Gasteiger partial charge in [-0.1, -0.05) is 30.3 Å². The van der Waals surface area contributed by atoms with Gasteiger partial charge in [-0.15, -0.1) is 0 Å². The fraction of sp³-hybridized carbons (Fsp3) is 0.235. The molecule has 1 unspecified atom stereocenters. The molecule has 0 saturated carbocycles. The summed E-state index contributed by atoms with van der Waals surface area (Å²) in [6.45, 7) is 3.80. The molecule has 4 nitrogen and oxygen atoms in total. The van der Waals surface area contributed by atoms with Crippen LogP contribution in [-0.2, 0) is 0 Å². The van der Waals surface area contributed by atoms with E-state index in [0.717, 1.165) is 11.1 Å². The van der Waals surface area contributed by atoms with E-state index in [2.05, 4.69) is 5.32 Å². The fourth-order valence-electron chi connectivity index (χ4n) is 2.11. The largest absolute Gasteiger partial charge is 0.508 e. The predicted molar refractivity (Wildman–Crippen MR) is 81.3 cm³/mol. The fourth-order valence-corrected chi connectivity index (χ4v) is 2.11.